The summed E-state index contributed by atoms with van der Waals surface area (Å²) in [5, 5.41) is -0.310. The van der Waals surface area contributed by atoms with Gasteiger partial charge in [-0.2, -0.15) is 0 Å². The highest BCUT2D eigenvalue weighted by Gasteiger charge is 2.13. The quantitative estimate of drug-likeness (QED) is 0.589. The zero-order chi connectivity index (χ0) is 8.85. The smallest absolute Gasteiger partial charge is 0.150 e. The summed E-state index contributed by atoms with van der Waals surface area (Å²) in [7, 11) is 0. The number of hydrogen-bond donors (Lipinski definition) is 0. The standard InChI is InChI=1S/C9H17ClO/c1-4-8(5-2)6-9(11)7(3)10/h7-8H,4-6H2,1-3H3. The van der Waals surface area contributed by atoms with E-state index in [4.69, 9.17) is 11.6 Å². The van der Waals surface area contributed by atoms with E-state index in [1.807, 2.05) is 0 Å². The number of carbonyl (C=O) groups is 1. The van der Waals surface area contributed by atoms with Crippen LogP contribution in [-0.2, 0) is 4.79 Å². The van der Waals surface area contributed by atoms with Gasteiger partial charge >= 0.3 is 0 Å². The maximum absolute atomic E-state index is 11.1. The predicted molar refractivity (Wildman–Crippen MR) is 49.0 cm³/mol. The fourth-order valence-electron chi connectivity index (χ4n) is 1.02. The van der Waals surface area contributed by atoms with Crippen molar-refractivity contribution in [3.63, 3.8) is 0 Å². The summed E-state index contributed by atoms with van der Waals surface area (Å²) in [4.78, 5) is 11.1. The van der Waals surface area contributed by atoms with E-state index < -0.39 is 0 Å². The van der Waals surface area contributed by atoms with Crippen molar-refractivity contribution in [2.24, 2.45) is 5.92 Å². The molecule has 0 radical (unpaired) electrons. The Morgan fingerprint density at radius 2 is 1.82 bits per heavy atom. The Morgan fingerprint density at radius 3 is 2.09 bits per heavy atom. The molecule has 0 rings (SSSR count). The molecule has 11 heavy (non-hydrogen) atoms. The molecule has 0 fully saturated rings. The molecule has 0 spiro atoms. The van der Waals surface area contributed by atoms with Crippen molar-refractivity contribution in [3.05, 3.63) is 0 Å². The van der Waals surface area contributed by atoms with Crippen LogP contribution in [0.5, 0.6) is 0 Å². The Kier molecular flexibility index (Phi) is 5.57. The predicted octanol–water partition coefficient (Wildman–Crippen LogP) is 3.01. The number of carbonyl (C=O) groups excluding carboxylic acids is 1. The van der Waals surface area contributed by atoms with Crippen LogP contribution in [0.2, 0.25) is 0 Å². The zero-order valence-electron chi connectivity index (χ0n) is 7.56. The molecule has 0 aliphatic heterocycles. The summed E-state index contributed by atoms with van der Waals surface area (Å²) in [6.45, 7) is 5.97. The lowest BCUT2D eigenvalue weighted by Crippen LogP contribution is -2.14. The van der Waals surface area contributed by atoms with Crippen molar-refractivity contribution in [1.82, 2.24) is 0 Å². The van der Waals surface area contributed by atoms with Gasteiger partial charge < -0.3 is 0 Å². The van der Waals surface area contributed by atoms with Crippen LogP contribution in [0.25, 0.3) is 0 Å². The first-order chi connectivity index (χ1) is 5.11. The topological polar surface area (TPSA) is 17.1 Å². The van der Waals surface area contributed by atoms with E-state index in [-0.39, 0.29) is 11.2 Å². The highest BCUT2D eigenvalue weighted by molar-refractivity contribution is 6.30. The van der Waals surface area contributed by atoms with Gasteiger partial charge in [-0.1, -0.05) is 26.7 Å². The molecule has 66 valence electrons. The summed E-state index contributed by atoms with van der Waals surface area (Å²) in [6.07, 6.45) is 2.80. The summed E-state index contributed by atoms with van der Waals surface area (Å²) in [5.74, 6) is 0.712. The van der Waals surface area contributed by atoms with Crippen LogP contribution >= 0.6 is 11.6 Å². The maximum atomic E-state index is 11.1. The van der Waals surface area contributed by atoms with Gasteiger partial charge in [-0.15, -0.1) is 11.6 Å². The Bertz CT molecular complexity index is 117. The fourth-order valence-corrected chi connectivity index (χ4v) is 1.11. The average Bonchev–Trinajstić information content (AvgIpc) is 1.99. The minimum absolute atomic E-state index is 0.181. The minimum Gasteiger partial charge on any atom is -0.298 e. The van der Waals surface area contributed by atoms with Gasteiger partial charge in [0.15, 0.2) is 5.78 Å². The van der Waals surface area contributed by atoms with Crippen molar-refractivity contribution in [3.8, 4) is 0 Å². The normalized spacial score (nSPS) is 13.5. The van der Waals surface area contributed by atoms with Crippen LogP contribution in [0.3, 0.4) is 0 Å². The Balaban J connectivity index is 3.72. The van der Waals surface area contributed by atoms with Crippen molar-refractivity contribution in [1.29, 1.82) is 0 Å². The molecule has 0 saturated carbocycles. The number of hydrogen-bond acceptors (Lipinski definition) is 1. The number of alkyl halides is 1. The van der Waals surface area contributed by atoms with Gasteiger partial charge in [-0.3, -0.25) is 4.79 Å². The first-order valence-electron chi connectivity index (χ1n) is 4.28. The second kappa shape index (κ2) is 5.59. The lowest BCUT2D eigenvalue weighted by molar-refractivity contribution is -0.119. The third-order valence-electron chi connectivity index (χ3n) is 2.09. The molecule has 0 aromatic heterocycles. The zero-order valence-corrected chi connectivity index (χ0v) is 8.32. The first-order valence-corrected chi connectivity index (χ1v) is 4.72. The third-order valence-corrected chi connectivity index (χ3v) is 2.33. The van der Waals surface area contributed by atoms with Crippen molar-refractivity contribution in [2.75, 3.05) is 0 Å². The van der Waals surface area contributed by atoms with Crippen LogP contribution in [0.4, 0.5) is 0 Å². The molecule has 0 aromatic carbocycles. The van der Waals surface area contributed by atoms with Crippen molar-refractivity contribution >= 4 is 17.4 Å². The molecule has 0 aliphatic carbocycles. The average molecular weight is 177 g/mol. The molecule has 1 atom stereocenters. The second-order valence-corrected chi connectivity index (χ2v) is 3.62. The van der Waals surface area contributed by atoms with Crippen molar-refractivity contribution < 1.29 is 4.79 Å². The SMILES string of the molecule is CCC(CC)CC(=O)C(C)Cl. The van der Waals surface area contributed by atoms with Gasteiger partial charge in [0, 0.05) is 6.42 Å². The largest absolute Gasteiger partial charge is 0.298 e. The monoisotopic (exact) mass is 176 g/mol. The lowest BCUT2D eigenvalue weighted by Gasteiger charge is -2.11. The van der Waals surface area contributed by atoms with Gasteiger partial charge in [0.05, 0.1) is 5.38 Å². The molecule has 0 amide bonds. The molecule has 0 aliphatic rings. The fraction of sp³-hybridized carbons (Fsp3) is 0.889. The Hall–Kier alpha value is -0.0400. The van der Waals surface area contributed by atoms with Crippen LogP contribution < -0.4 is 0 Å². The van der Waals surface area contributed by atoms with E-state index in [1.165, 1.54) is 0 Å². The van der Waals surface area contributed by atoms with E-state index in [0.717, 1.165) is 12.8 Å². The Labute approximate surface area is 74.1 Å². The number of ketones is 1. The van der Waals surface area contributed by atoms with Gasteiger partial charge in [0.1, 0.15) is 0 Å². The molecule has 2 heteroatoms. The van der Waals surface area contributed by atoms with Crippen LogP contribution in [-0.4, -0.2) is 11.2 Å². The Morgan fingerprint density at radius 1 is 1.36 bits per heavy atom. The number of rotatable bonds is 5. The van der Waals surface area contributed by atoms with Gasteiger partial charge in [-0.05, 0) is 12.8 Å². The van der Waals surface area contributed by atoms with E-state index in [1.54, 1.807) is 6.92 Å². The molecule has 1 nitrogen and oxygen atoms in total. The van der Waals surface area contributed by atoms with Crippen LogP contribution in [0.15, 0.2) is 0 Å². The second-order valence-electron chi connectivity index (χ2n) is 2.97. The van der Waals surface area contributed by atoms with Crippen LogP contribution in [0.1, 0.15) is 40.0 Å². The van der Waals surface area contributed by atoms with Crippen molar-refractivity contribution in [2.45, 2.75) is 45.4 Å². The molecule has 0 N–H and O–H groups in total. The highest BCUT2D eigenvalue weighted by atomic mass is 35.5. The summed E-state index contributed by atoms with van der Waals surface area (Å²) < 4.78 is 0. The number of Topliss-reactive ketones (excluding diaryl/α,β-unsaturated/α-hetero) is 1. The third kappa shape index (κ3) is 4.41. The number of halogens is 1. The first kappa shape index (κ1) is 11.0. The minimum atomic E-state index is -0.310. The van der Waals surface area contributed by atoms with Gasteiger partial charge in [-0.25, -0.2) is 0 Å². The van der Waals surface area contributed by atoms with Crippen LogP contribution in [0, 0.1) is 5.92 Å². The maximum Gasteiger partial charge on any atom is 0.150 e. The molecular formula is C9H17ClO. The summed E-state index contributed by atoms with van der Waals surface area (Å²) >= 11 is 5.64. The van der Waals surface area contributed by atoms with E-state index in [2.05, 4.69) is 13.8 Å². The summed E-state index contributed by atoms with van der Waals surface area (Å²) in [6, 6.07) is 0. The molecule has 0 bridgehead atoms. The molecule has 0 heterocycles. The molecule has 0 aromatic rings. The van der Waals surface area contributed by atoms with Gasteiger partial charge in [0.25, 0.3) is 0 Å². The van der Waals surface area contributed by atoms with E-state index >= 15 is 0 Å². The molecule has 1 unspecified atom stereocenters. The molecule has 0 saturated heterocycles. The van der Waals surface area contributed by atoms with E-state index in [9.17, 15) is 4.79 Å². The molecular weight excluding hydrogens is 160 g/mol. The van der Waals surface area contributed by atoms with E-state index in [0.29, 0.717) is 12.3 Å². The highest BCUT2D eigenvalue weighted by Crippen LogP contribution is 2.15. The lowest BCUT2D eigenvalue weighted by atomic mass is 9.96. The summed E-state index contributed by atoms with van der Waals surface area (Å²) in [5.41, 5.74) is 0. The van der Waals surface area contributed by atoms with Gasteiger partial charge in [0.2, 0.25) is 0 Å².